The molecule has 1 saturated carbocycles. The molecule has 1 aliphatic heterocycles. The molecule has 80 valence electrons. The molecule has 1 amide bonds. The molecule has 14 heavy (non-hydrogen) atoms. The Hall–Kier alpha value is -0.610. The van der Waals surface area contributed by atoms with Crippen LogP contribution < -0.4 is 11.5 Å². The van der Waals surface area contributed by atoms with Crippen LogP contribution in [0, 0.1) is 11.8 Å². The minimum atomic E-state index is 0.203. The zero-order chi connectivity index (χ0) is 10.1. The maximum Gasteiger partial charge on any atom is 0.223 e. The molecule has 2 aliphatic rings. The van der Waals surface area contributed by atoms with Gasteiger partial charge in [-0.25, -0.2) is 0 Å². The van der Waals surface area contributed by atoms with Gasteiger partial charge in [0.25, 0.3) is 0 Å². The minimum Gasteiger partial charge on any atom is -0.342 e. The third-order valence-corrected chi connectivity index (χ3v) is 3.62. The van der Waals surface area contributed by atoms with Gasteiger partial charge in [0.1, 0.15) is 0 Å². The fourth-order valence-electron chi connectivity index (χ4n) is 2.79. The molecule has 0 spiro atoms. The molecule has 1 heterocycles. The third-order valence-electron chi connectivity index (χ3n) is 3.62. The predicted molar refractivity (Wildman–Crippen MR) is 54.4 cm³/mol. The van der Waals surface area contributed by atoms with Crippen LogP contribution in [0.2, 0.25) is 0 Å². The number of hydrogen-bond donors (Lipinski definition) is 2. The average Bonchev–Trinajstić information content (AvgIpc) is 2.69. The van der Waals surface area contributed by atoms with E-state index in [-0.39, 0.29) is 5.91 Å². The fourth-order valence-corrected chi connectivity index (χ4v) is 2.79. The topological polar surface area (TPSA) is 72.4 Å². The summed E-state index contributed by atoms with van der Waals surface area (Å²) in [4.78, 5) is 13.5. The lowest BCUT2D eigenvalue weighted by Crippen LogP contribution is -2.34. The van der Waals surface area contributed by atoms with Crippen LogP contribution in [0.1, 0.15) is 19.3 Å². The van der Waals surface area contributed by atoms with E-state index in [0.717, 1.165) is 19.5 Å². The molecule has 0 aromatic rings. The summed E-state index contributed by atoms with van der Waals surface area (Å²) in [7, 11) is 0. The molecule has 1 unspecified atom stereocenters. The zero-order valence-electron chi connectivity index (χ0n) is 8.48. The summed E-state index contributed by atoms with van der Waals surface area (Å²) in [6, 6.07) is 0.315. The minimum absolute atomic E-state index is 0.203. The van der Waals surface area contributed by atoms with E-state index in [1.165, 1.54) is 6.42 Å². The van der Waals surface area contributed by atoms with Gasteiger partial charge in [-0.15, -0.1) is 0 Å². The third kappa shape index (κ3) is 1.64. The molecule has 3 atom stereocenters. The summed E-state index contributed by atoms with van der Waals surface area (Å²) in [6.45, 7) is 2.23. The Balaban J connectivity index is 1.92. The largest absolute Gasteiger partial charge is 0.342 e. The molecule has 0 aromatic heterocycles. The first-order valence-corrected chi connectivity index (χ1v) is 5.45. The maximum atomic E-state index is 11.6. The van der Waals surface area contributed by atoms with Crippen molar-refractivity contribution in [3.63, 3.8) is 0 Å². The Bertz CT molecular complexity index is 231. The average molecular weight is 197 g/mol. The second-order valence-electron chi connectivity index (χ2n) is 4.50. The van der Waals surface area contributed by atoms with Crippen LogP contribution in [0.4, 0.5) is 0 Å². The Kier molecular flexibility index (Phi) is 2.74. The van der Waals surface area contributed by atoms with Crippen LogP contribution in [0.15, 0.2) is 0 Å². The smallest absolute Gasteiger partial charge is 0.223 e. The van der Waals surface area contributed by atoms with E-state index in [2.05, 4.69) is 0 Å². The van der Waals surface area contributed by atoms with Gasteiger partial charge in [-0.2, -0.15) is 0 Å². The van der Waals surface area contributed by atoms with Crippen molar-refractivity contribution in [1.82, 2.24) is 4.90 Å². The first-order chi connectivity index (χ1) is 6.72. The van der Waals surface area contributed by atoms with Crippen LogP contribution in [0.5, 0.6) is 0 Å². The Morgan fingerprint density at radius 3 is 2.79 bits per heavy atom. The highest BCUT2D eigenvalue weighted by molar-refractivity contribution is 5.76. The molecule has 1 aliphatic carbocycles. The van der Waals surface area contributed by atoms with E-state index in [4.69, 9.17) is 11.5 Å². The summed E-state index contributed by atoms with van der Waals surface area (Å²) >= 11 is 0. The van der Waals surface area contributed by atoms with Crippen molar-refractivity contribution in [1.29, 1.82) is 0 Å². The highest BCUT2D eigenvalue weighted by Gasteiger charge is 2.42. The van der Waals surface area contributed by atoms with Gasteiger partial charge in [-0.05, 0) is 24.7 Å². The second-order valence-corrected chi connectivity index (χ2v) is 4.50. The Labute approximate surface area is 84.6 Å². The van der Waals surface area contributed by atoms with Gasteiger partial charge in [0.2, 0.25) is 5.91 Å². The first-order valence-electron chi connectivity index (χ1n) is 5.45. The van der Waals surface area contributed by atoms with Crippen molar-refractivity contribution in [2.24, 2.45) is 23.3 Å². The van der Waals surface area contributed by atoms with E-state index in [9.17, 15) is 4.79 Å². The van der Waals surface area contributed by atoms with Crippen LogP contribution in [0.25, 0.3) is 0 Å². The number of rotatable bonds is 2. The van der Waals surface area contributed by atoms with Crippen molar-refractivity contribution in [3.05, 3.63) is 0 Å². The van der Waals surface area contributed by atoms with Crippen LogP contribution in [0.3, 0.4) is 0 Å². The molecule has 1 saturated heterocycles. The predicted octanol–water partition coefficient (Wildman–Crippen LogP) is -0.469. The summed E-state index contributed by atoms with van der Waals surface area (Å²) in [5.41, 5.74) is 11.4. The van der Waals surface area contributed by atoms with E-state index >= 15 is 0 Å². The zero-order valence-corrected chi connectivity index (χ0v) is 8.48. The number of carbonyl (C=O) groups excluding carboxylic acids is 1. The summed E-state index contributed by atoms with van der Waals surface area (Å²) < 4.78 is 0. The van der Waals surface area contributed by atoms with E-state index in [1.807, 2.05) is 4.90 Å². The SMILES string of the molecule is NCCC(=O)N1C[C@@H]2CCC(N)[C@@H]2C1. The van der Waals surface area contributed by atoms with Crippen molar-refractivity contribution in [2.45, 2.75) is 25.3 Å². The number of amides is 1. The summed E-state index contributed by atoms with van der Waals surface area (Å²) in [6.07, 6.45) is 2.81. The summed E-state index contributed by atoms with van der Waals surface area (Å²) in [5.74, 6) is 1.41. The number of carbonyl (C=O) groups is 1. The molecular weight excluding hydrogens is 178 g/mol. The maximum absolute atomic E-state index is 11.6. The molecule has 2 rings (SSSR count). The quantitative estimate of drug-likeness (QED) is 0.628. The first kappa shape index (κ1) is 9.93. The van der Waals surface area contributed by atoms with Crippen LogP contribution in [-0.2, 0) is 4.79 Å². The molecule has 0 bridgehead atoms. The molecule has 0 aromatic carbocycles. The molecule has 4 nitrogen and oxygen atoms in total. The van der Waals surface area contributed by atoms with E-state index < -0.39 is 0 Å². The lowest BCUT2D eigenvalue weighted by Gasteiger charge is -2.18. The van der Waals surface area contributed by atoms with Gasteiger partial charge in [-0.3, -0.25) is 4.79 Å². The Morgan fingerprint density at radius 1 is 1.36 bits per heavy atom. The molecule has 4 heteroatoms. The lowest BCUT2D eigenvalue weighted by atomic mass is 9.98. The van der Waals surface area contributed by atoms with Gasteiger partial charge in [0, 0.05) is 32.1 Å². The molecular formula is C10H19N3O. The van der Waals surface area contributed by atoms with Crippen molar-refractivity contribution in [2.75, 3.05) is 19.6 Å². The fraction of sp³-hybridized carbons (Fsp3) is 0.900. The highest BCUT2D eigenvalue weighted by Crippen LogP contribution is 2.37. The van der Waals surface area contributed by atoms with Gasteiger partial charge in [-0.1, -0.05) is 0 Å². The standard InChI is InChI=1S/C10H19N3O/c11-4-3-10(14)13-5-7-1-2-9(12)8(7)6-13/h7-9H,1-6,11-12H2/t7-,8+,9?/m0/s1. The van der Waals surface area contributed by atoms with Crippen LogP contribution >= 0.6 is 0 Å². The Morgan fingerprint density at radius 2 is 2.14 bits per heavy atom. The summed E-state index contributed by atoms with van der Waals surface area (Å²) in [5, 5.41) is 0. The second kappa shape index (κ2) is 3.87. The highest BCUT2D eigenvalue weighted by atomic mass is 16.2. The van der Waals surface area contributed by atoms with Crippen molar-refractivity contribution in [3.8, 4) is 0 Å². The van der Waals surface area contributed by atoms with Gasteiger partial charge in [0.05, 0.1) is 0 Å². The number of likely N-dealkylation sites (tertiary alicyclic amines) is 1. The number of nitrogens with two attached hydrogens (primary N) is 2. The van der Waals surface area contributed by atoms with Gasteiger partial charge >= 0.3 is 0 Å². The van der Waals surface area contributed by atoms with Crippen molar-refractivity contribution < 1.29 is 4.79 Å². The van der Waals surface area contributed by atoms with Gasteiger partial charge < -0.3 is 16.4 Å². The van der Waals surface area contributed by atoms with Gasteiger partial charge in [0.15, 0.2) is 0 Å². The number of hydrogen-bond acceptors (Lipinski definition) is 3. The number of nitrogens with zero attached hydrogens (tertiary/aromatic N) is 1. The monoisotopic (exact) mass is 197 g/mol. The van der Waals surface area contributed by atoms with E-state index in [0.29, 0.717) is 30.8 Å². The van der Waals surface area contributed by atoms with Crippen LogP contribution in [-0.4, -0.2) is 36.5 Å². The van der Waals surface area contributed by atoms with E-state index in [1.54, 1.807) is 0 Å². The molecule has 2 fully saturated rings. The lowest BCUT2D eigenvalue weighted by molar-refractivity contribution is -0.130. The molecule has 0 radical (unpaired) electrons. The normalized spacial score (nSPS) is 36.1. The number of fused-ring (bicyclic) bond motifs is 1. The molecule has 4 N–H and O–H groups in total. The van der Waals surface area contributed by atoms with Crippen molar-refractivity contribution >= 4 is 5.91 Å².